The van der Waals surface area contributed by atoms with Gasteiger partial charge in [0, 0.05) is 6.42 Å². The molecule has 0 radical (unpaired) electrons. The Morgan fingerprint density at radius 2 is 1.73 bits per heavy atom. The normalized spacial score (nSPS) is 16.9. The highest BCUT2D eigenvalue weighted by molar-refractivity contribution is 7.12. The molecule has 0 aliphatic carbocycles. The number of nitrogens with zero attached hydrogens (tertiary/aromatic N) is 1. The van der Waals surface area contributed by atoms with Gasteiger partial charge in [-0.1, -0.05) is 41.6 Å². The number of hydrogen-bond donors (Lipinski definition) is 4. The van der Waals surface area contributed by atoms with Crippen LogP contribution in [0.5, 0.6) is 0 Å². The van der Waals surface area contributed by atoms with Crippen LogP contribution in [0.4, 0.5) is 0 Å². The second-order valence-electron chi connectivity index (χ2n) is 5.70. The fourth-order valence-corrected chi connectivity index (χ4v) is 3.32. The van der Waals surface area contributed by atoms with Crippen LogP contribution in [-0.2, 0) is 11.2 Å². The number of carboxylic acid groups (broad SMARTS) is 1. The summed E-state index contributed by atoms with van der Waals surface area (Å²) in [7, 11) is 0. The zero-order chi connectivity index (χ0) is 19.3. The lowest BCUT2D eigenvalue weighted by Crippen LogP contribution is -2.58. The Hall–Kier alpha value is -2.46. The van der Waals surface area contributed by atoms with E-state index < -0.39 is 35.6 Å². The molecule has 4 atom stereocenters. The first-order valence-electron chi connectivity index (χ1n) is 7.57. The van der Waals surface area contributed by atoms with Crippen molar-refractivity contribution in [3.63, 3.8) is 0 Å². The number of carboxylic acids is 1. The molecule has 0 spiro atoms. The summed E-state index contributed by atoms with van der Waals surface area (Å²) in [6.07, 6.45) is -7.30. The SMILES string of the molecule is O=N[C@@](Cc1ccccc1)(C(=O)c1cccs1)[C@@H](O)[C@H](O)[C@H](O)C(=O)O. The topological polar surface area (TPSA) is 144 Å². The first-order valence-corrected chi connectivity index (χ1v) is 8.45. The molecule has 4 N–H and O–H groups in total. The molecule has 2 rings (SSSR count). The standard InChI is InChI=1S/C17H17NO7S/c19-12(13(20)16(23)24)15(22)17(18-25,9-10-5-2-1-3-6-10)14(21)11-7-4-8-26-11/h1-8,12-13,15,19-20,22H,9H2,(H,23,24)/t12-,13+,15+,17+/m1/s1. The minimum atomic E-state index is -2.40. The molecule has 0 saturated heterocycles. The monoisotopic (exact) mass is 379 g/mol. The molecule has 0 fully saturated rings. The number of ketones is 1. The summed E-state index contributed by atoms with van der Waals surface area (Å²) in [4.78, 5) is 35.7. The summed E-state index contributed by atoms with van der Waals surface area (Å²) in [5, 5.41) is 43.3. The molecule has 0 aliphatic heterocycles. The molecule has 0 bridgehead atoms. The van der Waals surface area contributed by atoms with Crippen LogP contribution in [0.1, 0.15) is 15.2 Å². The molecule has 138 valence electrons. The van der Waals surface area contributed by atoms with Crippen molar-refractivity contribution in [3.05, 3.63) is 63.2 Å². The molecule has 1 heterocycles. The number of rotatable bonds is 9. The fourth-order valence-electron chi connectivity index (χ4n) is 2.58. The van der Waals surface area contributed by atoms with Crippen LogP contribution in [0, 0.1) is 4.91 Å². The van der Waals surface area contributed by atoms with Gasteiger partial charge in [-0.15, -0.1) is 16.2 Å². The van der Waals surface area contributed by atoms with Crippen LogP contribution in [0.25, 0.3) is 0 Å². The zero-order valence-corrected chi connectivity index (χ0v) is 14.2. The summed E-state index contributed by atoms with van der Waals surface area (Å²) in [6, 6.07) is 11.2. The van der Waals surface area contributed by atoms with Gasteiger partial charge in [-0.2, -0.15) is 0 Å². The zero-order valence-electron chi connectivity index (χ0n) is 13.4. The largest absolute Gasteiger partial charge is 0.479 e. The van der Waals surface area contributed by atoms with Crippen LogP contribution in [0.2, 0.25) is 0 Å². The molecule has 9 heteroatoms. The minimum Gasteiger partial charge on any atom is -0.479 e. The van der Waals surface area contributed by atoms with Gasteiger partial charge in [-0.05, 0) is 17.0 Å². The van der Waals surface area contributed by atoms with Gasteiger partial charge in [-0.3, -0.25) is 4.79 Å². The number of aliphatic hydroxyl groups is 3. The molecule has 8 nitrogen and oxygen atoms in total. The van der Waals surface area contributed by atoms with Gasteiger partial charge < -0.3 is 20.4 Å². The summed E-state index contributed by atoms with van der Waals surface area (Å²) in [5.41, 5.74) is -1.93. The minimum absolute atomic E-state index is 0.108. The van der Waals surface area contributed by atoms with Crippen LogP contribution < -0.4 is 0 Å². The Bertz CT molecular complexity index is 765. The number of carbonyl (C=O) groups excluding carboxylic acids is 1. The molecular formula is C17H17NO7S. The summed E-state index contributed by atoms with van der Waals surface area (Å²) < 4.78 is 0. The van der Waals surface area contributed by atoms with Crippen molar-refractivity contribution in [2.45, 2.75) is 30.3 Å². The quantitative estimate of drug-likeness (QED) is 0.373. The maximum absolute atomic E-state index is 12.9. The van der Waals surface area contributed by atoms with Crippen LogP contribution in [0.15, 0.2) is 53.0 Å². The number of aliphatic carboxylic acids is 1. The van der Waals surface area contributed by atoms with E-state index in [0.717, 1.165) is 11.3 Å². The van der Waals surface area contributed by atoms with Crippen molar-refractivity contribution in [2.24, 2.45) is 5.18 Å². The third kappa shape index (κ3) is 3.86. The summed E-state index contributed by atoms with van der Waals surface area (Å²) in [6.45, 7) is 0. The van der Waals surface area contributed by atoms with Crippen LogP contribution in [0.3, 0.4) is 0 Å². The molecular weight excluding hydrogens is 362 g/mol. The number of hydrogen-bond acceptors (Lipinski definition) is 8. The maximum Gasteiger partial charge on any atom is 0.335 e. The summed E-state index contributed by atoms with van der Waals surface area (Å²) in [5.74, 6) is -2.67. The van der Waals surface area contributed by atoms with Gasteiger partial charge in [0.25, 0.3) is 0 Å². The number of nitroso groups, excluding NO2 is 1. The Balaban J connectivity index is 2.50. The first kappa shape index (κ1) is 19.9. The molecule has 0 amide bonds. The Kier molecular flexibility index (Phi) is 6.32. The third-order valence-electron chi connectivity index (χ3n) is 4.01. The second-order valence-corrected chi connectivity index (χ2v) is 6.65. The van der Waals surface area contributed by atoms with Crippen molar-refractivity contribution >= 4 is 23.1 Å². The molecule has 26 heavy (non-hydrogen) atoms. The second kappa shape index (κ2) is 8.28. The molecule has 0 saturated carbocycles. The van der Waals surface area contributed by atoms with E-state index in [1.54, 1.807) is 41.8 Å². The van der Waals surface area contributed by atoms with Gasteiger partial charge in [0.1, 0.15) is 12.2 Å². The highest BCUT2D eigenvalue weighted by Crippen LogP contribution is 2.31. The van der Waals surface area contributed by atoms with Gasteiger partial charge >= 0.3 is 5.97 Å². The molecule has 1 aromatic carbocycles. The van der Waals surface area contributed by atoms with E-state index in [1.807, 2.05) is 0 Å². The summed E-state index contributed by atoms with van der Waals surface area (Å²) >= 11 is 1.01. The Morgan fingerprint density at radius 1 is 1.08 bits per heavy atom. The third-order valence-corrected chi connectivity index (χ3v) is 4.88. The number of benzene rings is 1. The number of thiophene rings is 1. The number of carbonyl (C=O) groups is 2. The molecule has 1 aromatic heterocycles. The fraction of sp³-hybridized carbons (Fsp3) is 0.294. The van der Waals surface area contributed by atoms with Crippen molar-refractivity contribution in [3.8, 4) is 0 Å². The van der Waals surface area contributed by atoms with Crippen LogP contribution in [-0.4, -0.2) is 56.0 Å². The van der Waals surface area contributed by atoms with E-state index in [-0.39, 0.29) is 11.3 Å². The van der Waals surface area contributed by atoms with Crippen molar-refractivity contribution in [2.75, 3.05) is 0 Å². The molecule has 0 unspecified atom stereocenters. The average Bonchev–Trinajstić information content (AvgIpc) is 3.19. The van der Waals surface area contributed by atoms with Gasteiger partial charge in [0.05, 0.1) is 4.88 Å². The predicted molar refractivity (Wildman–Crippen MR) is 93.0 cm³/mol. The van der Waals surface area contributed by atoms with Gasteiger partial charge in [0.2, 0.25) is 5.78 Å². The molecule has 0 aliphatic rings. The lowest BCUT2D eigenvalue weighted by atomic mass is 9.78. The molecule has 2 aromatic rings. The van der Waals surface area contributed by atoms with E-state index in [9.17, 15) is 29.8 Å². The van der Waals surface area contributed by atoms with E-state index >= 15 is 0 Å². The van der Waals surface area contributed by atoms with E-state index in [2.05, 4.69) is 5.18 Å². The van der Waals surface area contributed by atoms with Gasteiger partial charge in [-0.25, -0.2) is 4.79 Å². The smallest absolute Gasteiger partial charge is 0.335 e. The van der Waals surface area contributed by atoms with E-state index in [1.165, 1.54) is 6.07 Å². The lowest BCUT2D eigenvalue weighted by Gasteiger charge is -2.33. The number of Topliss-reactive ketones (excluding diaryl/α,β-unsaturated/α-hetero) is 1. The Morgan fingerprint density at radius 3 is 2.23 bits per heavy atom. The van der Waals surface area contributed by atoms with Crippen molar-refractivity contribution < 1.29 is 30.0 Å². The van der Waals surface area contributed by atoms with E-state index in [4.69, 9.17) is 5.11 Å². The maximum atomic E-state index is 12.9. The predicted octanol–water partition coefficient (Wildman–Crippen LogP) is 0.846. The van der Waals surface area contributed by atoms with E-state index in [0.29, 0.717) is 5.56 Å². The first-order chi connectivity index (χ1) is 12.3. The van der Waals surface area contributed by atoms with Crippen LogP contribution >= 0.6 is 11.3 Å². The number of aliphatic hydroxyl groups excluding tert-OH is 3. The highest BCUT2D eigenvalue weighted by atomic mass is 32.1. The van der Waals surface area contributed by atoms with Crippen molar-refractivity contribution in [1.29, 1.82) is 0 Å². The van der Waals surface area contributed by atoms with Gasteiger partial charge in [0.15, 0.2) is 11.6 Å². The highest BCUT2D eigenvalue weighted by Gasteiger charge is 2.53. The average molecular weight is 379 g/mol. The Labute approximate surface area is 152 Å². The van der Waals surface area contributed by atoms with Crippen molar-refractivity contribution in [1.82, 2.24) is 0 Å². The lowest BCUT2D eigenvalue weighted by molar-refractivity contribution is -0.160.